The summed E-state index contributed by atoms with van der Waals surface area (Å²) >= 11 is 12.1. The van der Waals surface area contributed by atoms with E-state index in [4.69, 9.17) is 27.9 Å². The zero-order chi connectivity index (χ0) is 18.3. The summed E-state index contributed by atoms with van der Waals surface area (Å²) in [6.07, 6.45) is 0. The maximum absolute atomic E-state index is 12.3. The maximum atomic E-state index is 12.3. The molecule has 1 aliphatic rings. The summed E-state index contributed by atoms with van der Waals surface area (Å²) in [5, 5.41) is 2.79. The van der Waals surface area contributed by atoms with Crippen molar-refractivity contribution in [3.8, 4) is 5.75 Å². The van der Waals surface area contributed by atoms with Crippen molar-refractivity contribution in [1.29, 1.82) is 0 Å². The first-order valence-corrected chi connectivity index (χ1v) is 8.77. The SMILES string of the molecule is O=C1C(=O)N(CCOc2ccc3ccccc3c2)c2c(Cl)cc(Cl)cc21. The van der Waals surface area contributed by atoms with Crippen molar-refractivity contribution < 1.29 is 14.3 Å². The Labute approximate surface area is 159 Å². The number of hydrogen-bond donors (Lipinski definition) is 0. The Morgan fingerprint density at radius 1 is 0.923 bits per heavy atom. The number of rotatable bonds is 4. The average Bonchev–Trinajstić information content (AvgIpc) is 2.87. The minimum Gasteiger partial charge on any atom is -0.492 e. The van der Waals surface area contributed by atoms with Crippen LogP contribution < -0.4 is 9.64 Å². The standard InChI is InChI=1S/C20H13Cl2NO3/c21-14-10-16-18(17(22)11-14)23(20(25)19(16)24)7-8-26-15-6-5-12-3-1-2-4-13(12)9-15/h1-6,9-11H,7-8H2. The van der Waals surface area contributed by atoms with Gasteiger partial charge in [-0.05, 0) is 35.0 Å². The lowest BCUT2D eigenvalue weighted by Crippen LogP contribution is -2.33. The molecule has 1 amide bonds. The monoisotopic (exact) mass is 385 g/mol. The highest BCUT2D eigenvalue weighted by Gasteiger charge is 2.37. The molecular formula is C20H13Cl2NO3. The molecule has 4 rings (SSSR count). The zero-order valence-corrected chi connectivity index (χ0v) is 15.1. The van der Waals surface area contributed by atoms with Crippen LogP contribution in [0.4, 0.5) is 5.69 Å². The Kier molecular flexibility index (Phi) is 4.31. The van der Waals surface area contributed by atoms with E-state index in [1.54, 1.807) is 0 Å². The minimum atomic E-state index is -0.619. The molecule has 0 aliphatic carbocycles. The van der Waals surface area contributed by atoms with Gasteiger partial charge in [0.2, 0.25) is 0 Å². The third-order valence-electron chi connectivity index (χ3n) is 4.29. The normalized spacial score (nSPS) is 13.4. The highest BCUT2D eigenvalue weighted by atomic mass is 35.5. The number of fused-ring (bicyclic) bond motifs is 2. The van der Waals surface area contributed by atoms with E-state index in [9.17, 15) is 9.59 Å². The molecule has 6 heteroatoms. The van der Waals surface area contributed by atoms with Crippen molar-refractivity contribution in [1.82, 2.24) is 0 Å². The molecule has 1 heterocycles. The predicted octanol–water partition coefficient (Wildman–Crippen LogP) is 4.75. The van der Waals surface area contributed by atoms with E-state index < -0.39 is 11.7 Å². The summed E-state index contributed by atoms with van der Waals surface area (Å²) in [5.41, 5.74) is 0.631. The van der Waals surface area contributed by atoms with Gasteiger partial charge in [-0.2, -0.15) is 0 Å². The molecule has 4 nitrogen and oxygen atoms in total. The molecule has 3 aromatic carbocycles. The van der Waals surface area contributed by atoms with Crippen LogP contribution in [0.2, 0.25) is 10.0 Å². The molecule has 0 atom stereocenters. The van der Waals surface area contributed by atoms with Crippen LogP contribution in [0.25, 0.3) is 10.8 Å². The van der Waals surface area contributed by atoms with Gasteiger partial charge in [-0.15, -0.1) is 0 Å². The molecule has 0 N–H and O–H groups in total. The molecule has 130 valence electrons. The Balaban J connectivity index is 1.51. The minimum absolute atomic E-state index is 0.214. The Morgan fingerprint density at radius 3 is 2.50 bits per heavy atom. The third-order valence-corrected chi connectivity index (χ3v) is 4.79. The van der Waals surface area contributed by atoms with Gasteiger partial charge in [-0.25, -0.2) is 0 Å². The summed E-state index contributed by atoms with van der Waals surface area (Å²) in [4.78, 5) is 25.7. The van der Waals surface area contributed by atoms with E-state index in [2.05, 4.69) is 0 Å². The first-order chi connectivity index (χ1) is 12.5. The number of carbonyl (C=O) groups excluding carboxylic acids is 2. The average molecular weight is 386 g/mol. The van der Waals surface area contributed by atoms with Gasteiger partial charge < -0.3 is 4.74 Å². The number of ether oxygens (including phenoxy) is 1. The smallest absolute Gasteiger partial charge is 0.299 e. The van der Waals surface area contributed by atoms with Crippen molar-refractivity contribution in [3.63, 3.8) is 0 Å². The van der Waals surface area contributed by atoms with Crippen LogP contribution in [0.5, 0.6) is 5.75 Å². The van der Waals surface area contributed by atoms with Gasteiger partial charge in [-0.3, -0.25) is 14.5 Å². The van der Waals surface area contributed by atoms with Gasteiger partial charge in [-0.1, -0.05) is 53.5 Å². The second-order valence-electron chi connectivity index (χ2n) is 5.93. The van der Waals surface area contributed by atoms with Crippen LogP contribution in [-0.4, -0.2) is 24.8 Å². The molecule has 0 aromatic heterocycles. The van der Waals surface area contributed by atoms with Crippen molar-refractivity contribution in [3.05, 3.63) is 70.2 Å². The predicted molar refractivity (Wildman–Crippen MR) is 103 cm³/mol. The number of nitrogens with zero attached hydrogens (tertiary/aromatic N) is 1. The van der Waals surface area contributed by atoms with Gasteiger partial charge in [0.05, 0.1) is 22.8 Å². The van der Waals surface area contributed by atoms with Crippen LogP contribution in [0.3, 0.4) is 0 Å². The van der Waals surface area contributed by atoms with Gasteiger partial charge >= 0.3 is 0 Å². The molecule has 1 aliphatic heterocycles. The van der Waals surface area contributed by atoms with E-state index in [0.29, 0.717) is 16.5 Å². The van der Waals surface area contributed by atoms with Crippen LogP contribution in [0.1, 0.15) is 10.4 Å². The zero-order valence-electron chi connectivity index (χ0n) is 13.5. The van der Waals surface area contributed by atoms with Gasteiger partial charge in [0, 0.05) is 5.02 Å². The summed E-state index contributed by atoms with van der Waals surface area (Å²) in [5.74, 6) is -0.523. The molecule has 0 saturated carbocycles. The number of anilines is 1. The summed E-state index contributed by atoms with van der Waals surface area (Å²) in [7, 11) is 0. The molecule has 0 unspecified atom stereocenters. The lowest BCUT2D eigenvalue weighted by molar-refractivity contribution is -0.114. The Bertz CT molecular complexity index is 1050. The third kappa shape index (κ3) is 2.91. The first-order valence-electron chi connectivity index (χ1n) is 8.01. The number of Topliss-reactive ketones (excluding diaryl/α,β-unsaturated/α-hetero) is 1. The Hall–Kier alpha value is -2.56. The highest BCUT2D eigenvalue weighted by Crippen LogP contribution is 2.38. The topological polar surface area (TPSA) is 46.6 Å². The number of halogens is 2. The molecular weight excluding hydrogens is 373 g/mol. The van der Waals surface area contributed by atoms with E-state index in [-0.39, 0.29) is 23.7 Å². The molecule has 3 aromatic rings. The van der Waals surface area contributed by atoms with E-state index >= 15 is 0 Å². The van der Waals surface area contributed by atoms with Gasteiger partial charge in [0.1, 0.15) is 12.4 Å². The second kappa shape index (κ2) is 6.63. The van der Waals surface area contributed by atoms with Crippen LogP contribution in [-0.2, 0) is 4.79 Å². The van der Waals surface area contributed by atoms with Crippen molar-refractivity contribution >= 4 is 51.4 Å². The molecule has 0 radical (unpaired) electrons. The number of amides is 1. The molecule has 26 heavy (non-hydrogen) atoms. The van der Waals surface area contributed by atoms with E-state index in [1.807, 2.05) is 42.5 Å². The fourth-order valence-electron chi connectivity index (χ4n) is 3.08. The van der Waals surface area contributed by atoms with Crippen molar-refractivity contribution in [2.24, 2.45) is 0 Å². The molecule has 0 spiro atoms. The first kappa shape index (κ1) is 16.9. The number of benzene rings is 3. The van der Waals surface area contributed by atoms with Gasteiger partial charge in [0.15, 0.2) is 0 Å². The maximum Gasteiger partial charge on any atom is 0.299 e. The Morgan fingerprint density at radius 2 is 1.69 bits per heavy atom. The summed E-state index contributed by atoms with van der Waals surface area (Å²) in [6.45, 7) is 0.446. The number of ketones is 1. The summed E-state index contributed by atoms with van der Waals surface area (Å²) < 4.78 is 5.76. The second-order valence-corrected chi connectivity index (χ2v) is 6.77. The van der Waals surface area contributed by atoms with Crippen molar-refractivity contribution in [2.45, 2.75) is 0 Å². The lowest BCUT2D eigenvalue weighted by atomic mass is 10.1. The highest BCUT2D eigenvalue weighted by molar-refractivity contribution is 6.54. The fraction of sp³-hybridized carbons (Fsp3) is 0.100. The molecule has 0 bridgehead atoms. The molecule has 0 fully saturated rings. The van der Waals surface area contributed by atoms with E-state index in [1.165, 1.54) is 17.0 Å². The van der Waals surface area contributed by atoms with Crippen LogP contribution in [0, 0.1) is 0 Å². The van der Waals surface area contributed by atoms with Gasteiger partial charge in [0.25, 0.3) is 11.7 Å². The summed E-state index contributed by atoms with van der Waals surface area (Å²) in [6, 6.07) is 16.7. The fourth-order valence-corrected chi connectivity index (χ4v) is 3.67. The van der Waals surface area contributed by atoms with E-state index in [0.717, 1.165) is 10.8 Å². The largest absolute Gasteiger partial charge is 0.492 e. The quantitative estimate of drug-likeness (QED) is 0.608. The van der Waals surface area contributed by atoms with Crippen LogP contribution in [0.15, 0.2) is 54.6 Å². The van der Waals surface area contributed by atoms with Crippen molar-refractivity contribution in [2.75, 3.05) is 18.1 Å². The molecule has 0 saturated heterocycles. The van der Waals surface area contributed by atoms with Crippen LogP contribution >= 0.6 is 23.2 Å². The lowest BCUT2D eigenvalue weighted by Gasteiger charge is -2.18. The number of hydrogen-bond acceptors (Lipinski definition) is 3. The number of carbonyl (C=O) groups is 2.